The molecule has 0 heterocycles. The van der Waals surface area contributed by atoms with Crippen molar-refractivity contribution in [3.8, 4) is 0 Å². The molecule has 106 valence electrons. The van der Waals surface area contributed by atoms with Gasteiger partial charge in [0, 0.05) is 13.1 Å². The molecule has 4 rings (SSSR count). The molecule has 3 heteroatoms. The van der Waals surface area contributed by atoms with Crippen LogP contribution >= 0.6 is 0 Å². The standard InChI is InChI=1S/C16H26N2O/c1-3-4-14(17)16(19)18(2)15-12-6-10-5-11(8-12)9-13(15)7-10/h3,10-15H,1,4-9,17H2,2H3. The molecule has 19 heavy (non-hydrogen) atoms. The van der Waals surface area contributed by atoms with Gasteiger partial charge < -0.3 is 10.6 Å². The lowest BCUT2D eigenvalue weighted by Gasteiger charge is -2.56. The lowest BCUT2D eigenvalue weighted by Crippen LogP contribution is -2.58. The Morgan fingerprint density at radius 3 is 2.26 bits per heavy atom. The van der Waals surface area contributed by atoms with Crippen molar-refractivity contribution in [2.45, 2.75) is 50.6 Å². The molecule has 0 radical (unpaired) electrons. The minimum Gasteiger partial charge on any atom is -0.341 e. The molecular weight excluding hydrogens is 236 g/mol. The maximum atomic E-state index is 12.4. The number of rotatable bonds is 4. The number of likely N-dealkylation sites (N-methyl/N-ethyl adjacent to an activating group) is 1. The average molecular weight is 262 g/mol. The summed E-state index contributed by atoms with van der Waals surface area (Å²) < 4.78 is 0. The Kier molecular flexibility index (Phi) is 3.42. The van der Waals surface area contributed by atoms with E-state index in [0.717, 1.165) is 23.7 Å². The fourth-order valence-corrected chi connectivity index (χ4v) is 5.22. The first kappa shape index (κ1) is 13.2. The topological polar surface area (TPSA) is 46.3 Å². The third-order valence-electron chi connectivity index (χ3n) is 5.71. The van der Waals surface area contributed by atoms with Gasteiger partial charge in [-0.15, -0.1) is 6.58 Å². The number of hydrogen-bond acceptors (Lipinski definition) is 2. The van der Waals surface area contributed by atoms with Gasteiger partial charge in [0.15, 0.2) is 0 Å². The van der Waals surface area contributed by atoms with Crippen LogP contribution in [0.5, 0.6) is 0 Å². The molecule has 3 nitrogen and oxygen atoms in total. The minimum atomic E-state index is -0.403. The zero-order chi connectivity index (χ0) is 13.6. The Hall–Kier alpha value is -0.830. The lowest BCUT2D eigenvalue weighted by molar-refractivity contribution is -0.142. The summed E-state index contributed by atoms with van der Waals surface area (Å²) in [6, 6.07) is 0.0517. The molecule has 0 aromatic carbocycles. The first-order valence-corrected chi connectivity index (χ1v) is 7.73. The van der Waals surface area contributed by atoms with E-state index in [1.807, 2.05) is 11.9 Å². The number of nitrogens with zero attached hydrogens (tertiary/aromatic N) is 1. The van der Waals surface area contributed by atoms with Crippen LogP contribution in [0.1, 0.15) is 38.5 Å². The zero-order valence-electron chi connectivity index (χ0n) is 11.9. The second-order valence-corrected chi connectivity index (χ2v) is 7.00. The highest BCUT2D eigenvalue weighted by Crippen LogP contribution is 2.54. The fraction of sp³-hybridized carbons (Fsp3) is 0.812. The number of carbonyl (C=O) groups excluding carboxylic acids is 1. The van der Waals surface area contributed by atoms with Gasteiger partial charge in [0.25, 0.3) is 0 Å². The van der Waals surface area contributed by atoms with E-state index >= 15 is 0 Å². The predicted octanol–water partition coefficient (Wildman–Crippen LogP) is 2.17. The average Bonchev–Trinajstić information content (AvgIpc) is 2.36. The third-order valence-corrected chi connectivity index (χ3v) is 5.71. The van der Waals surface area contributed by atoms with Crippen molar-refractivity contribution in [2.24, 2.45) is 29.4 Å². The van der Waals surface area contributed by atoms with E-state index < -0.39 is 6.04 Å². The molecule has 0 aromatic heterocycles. The molecule has 4 bridgehead atoms. The fourth-order valence-electron chi connectivity index (χ4n) is 5.22. The summed E-state index contributed by atoms with van der Waals surface area (Å²) in [6.07, 6.45) is 9.13. The SMILES string of the molecule is C=CCC(N)C(=O)N(C)C1C2CC3CC(C2)CC1C3. The van der Waals surface area contributed by atoms with Crippen molar-refractivity contribution >= 4 is 5.91 Å². The van der Waals surface area contributed by atoms with Gasteiger partial charge in [0.2, 0.25) is 5.91 Å². The van der Waals surface area contributed by atoms with Crippen LogP contribution in [0.15, 0.2) is 12.7 Å². The molecule has 4 fully saturated rings. The number of carbonyl (C=O) groups is 1. The molecule has 1 amide bonds. The first-order valence-electron chi connectivity index (χ1n) is 7.73. The molecule has 1 atom stereocenters. The Bertz CT molecular complexity index is 351. The second kappa shape index (κ2) is 4.93. The van der Waals surface area contributed by atoms with E-state index in [-0.39, 0.29) is 5.91 Å². The number of hydrogen-bond donors (Lipinski definition) is 1. The largest absolute Gasteiger partial charge is 0.341 e. The molecule has 4 aliphatic rings. The minimum absolute atomic E-state index is 0.109. The molecule has 0 aromatic rings. The van der Waals surface area contributed by atoms with Crippen LogP contribution < -0.4 is 5.73 Å². The van der Waals surface area contributed by atoms with Crippen LogP contribution in [0, 0.1) is 23.7 Å². The molecule has 2 N–H and O–H groups in total. The molecule has 4 saturated carbocycles. The summed E-state index contributed by atoms with van der Waals surface area (Å²) in [7, 11) is 1.97. The van der Waals surface area contributed by atoms with E-state index in [9.17, 15) is 4.79 Å². The summed E-state index contributed by atoms with van der Waals surface area (Å²) in [5.74, 6) is 3.48. The second-order valence-electron chi connectivity index (χ2n) is 7.00. The van der Waals surface area contributed by atoms with Gasteiger partial charge in [-0.25, -0.2) is 0 Å². The van der Waals surface area contributed by atoms with Crippen LogP contribution in [0.2, 0.25) is 0 Å². The Morgan fingerprint density at radius 2 is 1.79 bits per heavy atom. The van der Waals surface area contributed by atoms with Crippen molar-refractivity contribution in [2.75, 3.05) is 7.05 Å². The van der Waals surface area contributed by atoms with Gasteiger partial charge in [-0.2, -0.15) is 0 Å². The molecule has 0 spiro atoms. The van der Waals surface area contributed by atoms with Gasteiger partial charge in [-0.1, -0.05) is 6.08 Å². The van der Waals surface area contributed by atoms with Gasteiger partial charge in [0.1, 0.15) is 0 Å². The lowest BCUT2D eigenvalue weighted by atomic mass is 9.54. The van der Waals surface area contributed by atoms with E-state index in [0.29, 0.717) is 12.5 Å². The normalized spacial score (nSPS) is 41.1. The highest BCUT2D eigenvalue weighted by Gasteiger charge is 2.50. The van der Waals surface area contributed by atoms with Crippen LogP contribution in [0.3, 0.4) is 0 Å². The van der Waals surface area contributed by atoms with Gasteiger partial charge in [-0.3, -0.25) is 4.79 Å². The Morgan fingerprint density at radius 1 is 1.26 bits per heavy atom. The summed E-state index contributed by atoms with van der Waals surface area (Å²) >= 11 is 0. The molecule has 0 saturated heterocycles. The van der Waals surface area contributed by atoms with Crippen molar-refractivity contribution in [3.05, 3.63) is 12.7 Å². The van der Waals surface area contributed by atoms with Crippen molar-refractivity contribution in [1.29, 1.82) is 0 Å². The molecule has 0 aliphatic heterocycles. The monoisotopic (exact) mass is 262 g/mol. The maximum absolute atomic E-state index is 12.4. The summed E-state index contributed by atoms with van der Waals surface area (Å²) in [6.45, 7) is 3.68. The van der Waals surface area contributed by atoms with Gasteiger partial charge in [0.05, 0.1) is 6.04 Å². The quantitative estimate of drug-likeness (QED) is 0.789. The van der Waals surface area contributed by atoms with E-state index in [4.69, 9.17) is 5.73 Å². The summed E-state index contributed by atoms with van der Waals surface area (Å²) in [5.41, 5.74) is 5.96. The smallest absolute Gasteiger partial charge is 0.239 e. The van der Waals surface area contributed by atoms with Crippen molar-refractivity contribution < 1.29 is 4.79 Å². The van der Waals surface area contributed by atoms with E-state index in [1.54, 1.807) is 6.08 Å². The van der Waals surface area contributed by atoms with Crippen molar-refractivity contribution in [1.82, 2.24) is 4.90 Å². The number of amides is 1. The molecular formula is C16H26N2O. The van der Waals surface area contributed by atoms with E-state index in [1.165, 1.54) is 32.1 Å². The summed E-state index contributed by atoms with van der Waals surface area (Å²) in [4.78, 5) is 14.4. The highest BCUT2D eigenvalue weighted by molar-refractivity contribution is 5.82. The summed E-state index contributed by atoms with van der Waals surface area (Å²) in [5, 5.41) is 0. The van der Waals surface area contributed by atoms with Crippen LogP contribution in [-0.2, 0) is 4.79 Å². The van der Waals surface area contributed by atoms with Crippen LogP contribution in [0.4, 0.5) is 0 Å². The predicted molar refractivity (Wildman–Crippen MR) is 76.4 cm³/mol. The van der Waals surface area contributed by atoms with Gasteiger partial charge in [-0.05, 0) is 62.2 Å². The number of nitrogens with two attached hydrogens (primary N) is 1. The Balaban J connectivity index is 1.71. The zero-order valence-corrected chi connectivity index (χ0v) is 11.9. The maximum Gasteiger partial charge on any atom is 0.239 e. The third kappa shape index (κ3) is 2.22. The van der Waals surface area contributed by atoms with E-state index in [2.05, 4.69) is 6.58 Å². The van der Waals surface area contributed by atoms with Crippen molar-refractivity contribution in [3.63, 3.8) is 0 Å². The first-order chi connectivity index (χ1) is 9.10. The van der Waals surface area contributed by atoms with Crippen LogP contribution in [-0.4, -0.2) is 29.9 Å². The molecule has 1 unspecified atom stereocenters. The van der Waals surface area contributed by atoms with Gasteiger partial charge >= 0.3 is 0 Å². The Labute approximate surface area is 116 Å². The van der Waals surface area contributed by atoms with Crippen LogP contribution in [0.25, 0.3) is 0 Å². The molecule has 4 aliphatic carbocycles. The highest BCUT2D eigenvalue weighted by atomic mass is 16.2.